The number of piperazine rings is 1. The number of hydrogen-bond acceptors (Lipinski definition) is 9. The first-order chi connectivity index (χ1) is 24.0. The molecule has 6 heterocycles. The van der Waals surface area contributed by atoms with E-state index in [0.717, 1.165) is 133 Å². The number of likely N-dealkylation sites (N-methyl/N-ethyl adjacent to an activating group) is 1. The molecule has 1 N–H and O–H groups in total. The van der Waals surface area contributed by atoms with Gasteiger partial charge in [0.25, 0.3) is 0 Å². The number of furan rings is 3. The summed E-state index contributed by atoms with van der Waals surface area (Å²) in [6.07, 6.45) is 2.20. The van der Waals surface area contributed by atoms with E-state index in [1.165, 1.54) is 0 Å². The van der Waals surface area contributed by atoms with E-state index in [-0.39, 0.29) is 16.2 Å². The van der Waals surface area contributed by atoms with Gasteiger partial charge in [0.05, 0.1) is 32.8 Å². The van der Waals surface area contributed by atoms with Crippen molar-refractivity contribution in [2.75, 3.05) is 79.2 Å². The number of ether oxygens (including phenoxy) is 1. The first kappa shape index (κ1) is 41.4. The molecule has 3 aromatic rings. The predicted octanol–water partition coefficient (Wildman–Crippen LogP) is 7.52. The summed E-state index contributed by atoms with van der Waals surface area (Å²) in [4.78, 5) is 9.62. The number of aliphatic hydroxyl groups is 1. The third kappa shape index (κ3) is 13.8. The van der Waals surface area contributed by atoms with Crippen molar-refractivity contribution in [3.05, 3.63) is 71.0 Å². The lowest BCUT2D eigenvalue weighted by Gasteiger charge is -2.31. The van der Waals surface area contributed by atoms with E-state index >= 15 is 0 Å². The van der Waals surface area contributed by atoms with Gasteiger partial charge >= 0.3 is 0 Å². The molecule has 6 rings (SSSR count). The van der Waals surface area contributed by atoms with Crippen LogP contribution in [0.25, 0.3) is 0 Å². The van der Waals surface area contributed by atoms with E-state index in [0.29, 0.717) is 12.5 Å². The average Bonchev–Trinajstić information content (AvgIpc) is 3.85. The fraction of sp³-hybridized carbons (Fsp3) is 0.714. The van der Waals surface area contributed by atoms with Gasteiger partial charge in [-0.05, 0) is 75.3 Å². The van der Waals surface area contributed by atoms with Crippen molar-refractivity contribution in [3.8, 4) is 0 Å². The molecule has 288 valence electrons. The Hall–Kier alpha value is -2.40. The van der Waals surface area contributed by atoms with E-state index in [4.69, 9.17) is 23.1 Å². The lowest BCUT2D eigenvalue weighted by atomic mass is 9.94. The number of rotatable bonds is 7. The minimum absolute atomic E-state index is 0.0854. The van der Waals surface area contributed by atoms with Gasteiger partial charge in [-0.25, -0.2) is 0 Å². The minimum atomic E-state index is 0.0854. The molecule has 0 radical (unpaired) electrons. The van der Waals surface area contributed by atoms with E-state index < -0.39 is 0 Å². The van der Waals surface area contributed by atoms with E-state index in [2.05, 4.69) is 125 Å². The lowest BCUT2D eigenvalue weighted by Crippen LogP contribution is -2.43. The maximum atomic E-state index is 9.12. The average molecular weight is 711 g/mol. The molecule has 0 aromatic carbocycles. The summed E-state index contributed by atoms with van der Waals surface area (Å²) in [5.74, 6) is 6.93. The number of hydrogen-bond donors (Lipinski definition) is 1. The van der Waals surface area contributed by atoms with Gasteiger partial charge in [0.2, 0.25) is 0 Å². The normalized spacial score (nSPS) is 19.4. The van der Waals surface area contributed by atoms with Crippen LogP contribution in [0, 0.1) is 5.92 Å². The van der Waals surface area contributed by atoms with Gasteiger partial charge in [0.1, 0.15) is 34.6 Å². The Balaban J connectivity index is 0.000000172. The van der Waals surface area contributed by atoms with E-state index in [1.54, 1.807) is 0 Å². The van der Waals surface area contributed by atoms with Gasteiger partial charge in [0, 0.05) is 62.1 Å². The lowest BCUT2D eigenvalue weighted by molar-refractivity contribution is 0.0310. The Labute approximate surface area is 309 Å². The summed E-state index contributed by atoms with van der Waals surface area (Å²) in [6.45, 7) is 33.1. The van der Waals surface area contributed by atoms with Crippen molar-refractivity contribution in [1.82, 2.24) is 19.6 Å². The highest BCUT2D eigenvalue weighted by molar-refractivity contribution is 5.16. The fourth-order valence-electron chi connectivity index (χ4n) is 6.35. The molecule has 51 heavy (non-hydrogen) atoms. The zero-order valence-corrected chi connectivity index (χ0v) is 33.7. The Bertz CT molecular complexity index is 1400. The Morgan fingerprint density at radius 1 is 0.529 bits per heavy atom. The Kier molecular flexibility index (Phi) is 15.1. The second-order valence-corrected chi connectivity index (χ2v) is 17.9. The first-order valence-electron chi connectivity index (χ1n) is 19.3. The van der Waals surface area contributed by atoms with Gasteiger partial charge < -0.3 is 28.0 Å². The van der Waals surface area contributed by atoms with Crippen molar-refractivity contribution in [3.63, 3.8) is 0 Å². The Morgan fingerprint density at radius 2 is 0.882 bits per heavy atom. The molecule has 9 nitrogen and oxygen atoms in total. The molecule has 0 amide bonds. The molecule has 0 bridgehead atoms. The SMILES string of the molecule is CC(C)(C)c1ccc(CN2CCC(CO)CC2)o1.CC(C)(C)c1ccc(CN2CCOCC2)o1.CN1CCN(Cc2ccc(C(C)(C)C)o2)CC1. The summed E-state index contributed by atoms with van der Waals surface area (Å²) in [7, 11) is 2.18. The van der Waals surface area contributed by atoms with Crippen LogP contribution < -0.4 is 0 Å². The predicted molar refractivity (Wildman–Crippen MR) is 206 cm³/mol. The van der Waals surface area contributed by atoms with Crippen LogP contribution in [0.1, 0.15) is 110 Å². The quantitative estimate of drug-likeness (QED) is 0.268. The Morgan fingerprint density at radius 3 is 1.22 bits per heavy atom. The van der Waals surface area contributed by atoms with Crippen molar-refractivity contribution in [1.29, 1.82) is 0 Å². The van der Waals surface area contributed by atoms with Gasteiger partial charge in [-0.2, -0.15) is 0 Å². The molecule has 3 saturated heterocycles. The summed E-state index contributed by atoms with van der Waals surface area (Å²) >= 11 is 0. The highest BCUT2D eigenvalue weighted by atomic mass is 16.5. The third-order valence-corrected chi connectivity index (χ3v) is 10.0. The van der Waals surface area contributed by atoms with Crippen molar-refractivity contribution < 1.29 is 23.1 Å². The zero-order valence-electron chi connectivity index (χ0n) is 33.7. The number of likely N-dealkylation sites (tertiary alicyclic amines) is 1. The van der Waals surface area contributed by atoms with Crippen molar-refractivity contribution in [2.24, 2.45) is 5.92 Å². The van der Waals surface area contributed by atoms with Crippen LogP contribution in [0.5, 0.6) is 0 Å². The standard InChI is InChI=1S/C15H25NO2.C14H24N2O.C13H21NO2/c1-15(2,3)14-5-4-13(18-14)10-16-8-6-12(11-17)7-9-16;1-14(2,3)13-6-5-12(17-13)11-16-9-7-15(4)8-10-16;1-13(2,3)12-5-4-11(16-12)10-14-6-8-15-9-7-14/h4-5,12,17H,6-11H2,1-3H3;5-6H,7-11H2,1-4H3;4-5H,6-10H2,1-3H3. The van der Waals surface area contributed by atoms with E-state index in [1.807, 2.05) is 0 Å². The molecule has 0 atom stereocenters. The first-order valence-corrected chi connectivity index (χ1v) is 19.3. The summed E-state index contributed by atoms with van der Waals surface area (Å²) in [5, 5.41) is 9.12. The highest BCUT2D eigenvalue weighted by Crippen LogP contribution is 2.27. The maximum absolute atomic E-state index is 9.12. The molecule has 0 aliphatic carbocycles. The summed E-state index contributed by atoms with van der Waals surface area (Å²) in [6, 6.07) is 12.6. The second kappa shape index (κ2) is 18.6. The molecular weight excluding hydrogens is 640 g/mol. The number of piperidine rings is 1. The van der Waals surface area contributed by atoms with Crippen LogP contribution in [0.2, 0.25) is 0 Å². The molecule has 3 fully saturated rings. The number of morpholine rings is 1. The summed E-state index contributed by atoms with van der Waals surface area (Å²) in [5.41, 5.74) is 0.297. The van der Waals surface area contributed by atoms with Crippen molar-refractivity contribution >= 4 is 0 Å². The second-order valence-electron chi connectivity index (χ2n) is 17.9. The molecule has 0 spiro atoms. The molecule has 0 unspecified atom stereocenters. The van der Waals surface area contributed by atoms with Crippen LogP contribution in [0.4, 0.5) is 0 Å². The van der Waals surface area contributed by atoms with Crippen LogP contribution in [0.15, 0.2) is 49.6 Å². The van der Waals surface area contributed by atoms with Crippen LogP contribution in [0.3, 0.4) is 0 Å². The highest BCUT2D eigenvalue weighted by Gasteiger charge is 2.23. The third-order valence-electron chi connectivity index (χ3n) is 10.0. The van der Waals surface area contributed by atoms with E-state index in [9.17, 15) is 0 Å². The molecule has 3 aliphatic heterocycles. The number of aliphatic hydroxyl groups excluding tert-OH is 1. The smallest absolute Gasteiger partial charge is 0.118 e. The topological polar surface area (TPSA) is 81.8 Å². The molecule has 3 aliphatic rings. The molecule has 3 aromatic heterocycles. The van der Waals surface area contributed by atoms with Crippen molar-refractivity contribution in [2.45, 2.75) is 111 Å². The van der Waals surface area contributed by atoms with Crippen LogP contribution >= 0.6 is 0 Å². The zero-order chi connectivity index (χ0) is 37.2. The minimum Gasteiger partial charge on any atom is -0.464 e. The molecule has 0 saturated carbocycles. The fourth-order valence-corrected chi connectivity index (χ4v) is 6.35. The van der Waals surface area contributed by atoms with Gasteiger partial charge in [0.15, 0.2) is 0 Å². The largest absolute Gasteiger partial charge is 0.464 e. The molecule has 9 heteroatoms. The maximum Gasteiger partial charge on any atom is 0.118 e. The van der Waals surface area contributed by atoms with Gasteiger partial charge in [-0.15, -0.1) is 0 Å². The van der Waals surface area contributed by atoms with Gasteiger partial charge in [-0.1, -0.05) is 62.3 Å². The van der Waals surface area contributed by atoms with Crippen LogP contribution in [-0.4, -0.2) is 104 Å². The number of nitrogens with zero attached hydrogens (tertiary/aromatic N) is 4. The van der Waals surface area contributed by atoms with Gasteiger partial charge in [-0.3, -0.25) is 14.7 Å². The molecular formula is C42H70N4O5. The summed E-state index contributed by atoms with van der Waals surface area (Å²) < 4.78 is 23.0. The van der Waals surface area contributed by atoms with Crippen LogP contribution in [-0.2, 0) is 40.6 Å². The monoisotopic (exact) mass is 711 g/mol.